The summed E-state index contributed by atoms with van der Waals surface area (Å²) < 4.78 is 0.915. The molecule has 0 spiro atoms. The fraction of sp³-hybridized carbons (Fsp3) is 0.222. The van der Waals surface area contributed by atoms with Crippen LogP contribution in [-0.2, 0) is 0 Å². The first-order valence-corrected chi connectivity index (χ1v) is 4.66. The topological polar surface area (TPSA) is 64.4 Å². The first-order valence-electron chi connectivity index (χ1n) is 3.87. The first kappa shape index (κ1) is 10.1. The molecule has 0 aliphatic heterocycles. The molecule has 0 aliphatic carbocycles. The minimum Gasteiger partial charge on any atom is -0.370 e. The number of hydrogen-bond donors (Lipinski definition) is 2. The van der Waals surface area contributed by atoms with E-state index in [0.717, 1.165) is 15.7 Å². The standard InChI is InChI=1S/C9H12BrN3/c1-5-3-6(2)8(7(10)4-5)13-9(11)12/h3-4H,1-2H3,(H4,11,12,13). The molecule has 0 saturated heterocycles. The highest BCUT2D eigenvalue weighted by Gasteiger charge is 2.03. The van der Waals surface area contributed by atoms with Crippen molar-refractivity contribution in [3.05, 3.63) is 27.7 Å². The maximum Gasteiger partial charge on any atom is 0.191 e. The Morgan fingerprint density at radius 3 is 2.38 bits per heavy atom. The van der Waals surface area contributed by atoms with Gasteiger partial charge < -0.3 is 11.5 Å². The van der Waals surface area contributed by atoms with Crippen LogP contribution >= 0.6 is 15.9 Å². The van der Waals surface area contributed by atoms with Crippen LogP contribution in [0.1, 0.15) is 11.1 Å². The number of rotatable bonds is 1. The molecule has 0 fully saturated rings. The van der Waals surface area contributed by atoms with Crippen LogP contribution in [0.4, 0.5) is 5.69 Å². The summed E-state index contributed by atoms with van der Waals surface area (Å²) in [5.74, 6) is 0.0765. The molecule has 13 heavy (non-hydrogen) atoms. The van der Waals surface area contributed by atoms with Gasteiger partial charge in [-0.2, -0.15) is 0 Å². The Morgan fingerprint density at radius 2 is 1.92 bits per heavy atom. The summed E-state index contributed by atoms with van der Waals surface area (Å²) in [6, 6.07) is 4.02. The van der Waals surface area contributed by atoms with Crippen LogP contribution in [0.2, 0.25) is 0 Å². The summed E-state index contributed by atoms with van der Waals surface area (Å²) in [6.07, 6.45) is 0. The minimum absolute atomic E-state index is 0.0765. The third kappa shape index (κ3) is 2.45. The second-order valence-electron chi connectivity index (χ2n) is 2.95. The number of hydrogen-bond acceptors (Lipinski definition) is 1. The predicted octanol–water partition coefficient (Wildman–Crippen LogP) is 1.97. The summed E-state index contributed by atoms with van der Waals surface area (Å²) in [4.78, 5) is 4.02. The zero-order chi connectivity index (χ0) is 10.0. The molecule has 1 aromatic rings. The molecule has 70 valence electrons. The minimum atomic E-state index is 0.0765. The summed E-state index contributed by atoms with van der Waals surface area (Å²) in [5.41, 5.74) is 13.6. The average Bonchev–Trinajstić information content (AvgIpc) is 1.96. The third-order valence-corrected chi connectivity index (χ3v) is 2.24. The Bertz CT molecular complexity index is 331. The van der Waals surface area contributed by atoms with Crippen molar-refractivity contribution in [1.82, 2.24) is 0 Å². The predicted molar refractivity (Wildman–Crippen MR) is 59.1 cm³/mol. The van der Waals surface area contributed by atoms with E-state index in [1.165, 1.54) is 5.56 Å². The van der Waals surface area contributed by atoms with E-state index in [1.807, 2.05) is 26.0 Å². The van der Waals surface area contributed by atoms with Gasteiger partial charge in [0.2, 0.25) is 0 Å². The van der Waals surface area contributed by atoms with Gasteiger partial charge in [0, 0.05) is 4.47 Å². The zero-order valence-corrected chi connectivity index (χ0v) is 9.22. The molecule has 1 rings (SSSR count). The van der Waals surface area contributed by atoms with Crippen molar-refractivity contribution in [3.8, 4) is 0 Å². The molecule has 0 aliphatic rings. The van der Waals surface area contributed by atoms with E-state index in [1.54, 1.807) is 0 Å². The van der Waals surface area contributed by atoms with Crippen molar-refractivity contribution in [3.63, 3.8) is 0 Å². The summed E-state index contributed by atoms with van der Waals surface area (Å²) in [6.45, 7) is 4.00. The molecule has 0 amide bonds. The van der Waals surface area contributed by atoms with Crippen LogP contribution < -0.4 is 11.5 Å². The molecule has 0 heterocycles. The van der Waals surface area contributed by atoms with Crippen LogP contribution in [0.5, 0.6) is 0 Å². The van der Waals surface area contributed by atoms with E-state index in [2.05, 4.69) is 20.9 Å². The molecule has 0 aromatic heterocycles. The van der Waals surface area contributed by atoms with Crippen LogP contribution in [-0.4, -0.2) is 5.96 Å². The van der Waals surface area contributed by atoms with Crippen LogP contribution in [0, 0.1) is 13.8 Å². The Hall–Kier alpha value is -1.03. The van der Waals surface area contributed by atoms with E-state index in [4.69, 9.17) is 11.5 Å². The van der Waals surface area contributed by atoms with Crippen LogP contribution in [0.15, 0.2) is 21.6 Å². The number of aliphatic imine (C=N–C) groups is 1. The second kappa shape index (κ2) is 3.79. The molecule has 4 N–H and O–H groups in total. The van der Waals surface area contributed by atoms with Crippen LogP contribution in [0.3, 0.4) is 0 Å². The fourth-order valence-corrected chi connectivity index (χ4v) is 1.94. The van der Waals surface area contributed by atoms with Crippen molar-refractivity contribution in [2.45, 2.75) is 13.8 Å². The lowest BCUT2D eigenvalue weighted by Crippen LogP contribution is -2.22. The number of nitrogens with zero attached hydrogens (tertiary/aromatic N) is 1. The van der Waals surface area contributed by atoms with Crippen molar-refractivity contribution in [1.29, 1.82) is 0 Å². The SMILES string of the molecule is Cc1cc(C)c(N=C(N)N)c(Br)c1. The van der Waals surface area contributed by atoms with E-state index in [9.17, 15) is 0 Å². The fourth-order valence-electron chi connectivity index (χ4n) is 1.18. The lowest BCUT2D eigenvalue weighted by molar-refractivity contribution is 1.31. The molecular weight excluding hydrogens is 230 g/mol. The first-order chi connectivity index (χ1) is 6.00. The highest BCUT2D eigenvalue weighted by molar-refractivity contribution is 9.10. The molecular formula is C9H12BrN3. The molecule has 4 heteroatoms. The van der Waals surface area contributed by atoms with Gasteiger partial charge in [-0.1, -0.05) is 6.07 Å². The molecule has 0 bridgehead atoms. The average molecular weight is 242 g/mol. The van der Waals surface area contributed by atoms with Gasteiger partial charge >= 0.3 is 0 Å². The van der Waals surface area contributed by atoms with Gasteiger partial charge in [0.25, 0.3) is 0 Å². The number of nitrogens with two attached hydrogens (primary N) is 2. The normalized spacial score (nSPS) is 9.77. The maximum atomic E-state index is 5.31. The zero-order valence-electron chi connectivity index (χ0n) is 7.63. The van der Waals surface area contributed by atoms with E-state index >= 15 is 0 Å². The van der Waals surface area contributed by atoms with Crippen molar-refractivity contribution in [2.75, 3.05) is 0 Å². The monoisotopic (exact) mass is 241 g/mol. The van der Waals surface area contributed by atoms with Gasteiger partial charge in [-0.25, -0.2) is 4.99 Å². The lowest BCUT2D eigenvalue weighted by atomic mass is 10.1. The molecule has 3 nitrogen and oxygen atoms in total. The Labute approximate surface area is 86.0 Å². The molecule has 0 saturated carbocycles. The van der Waals surface area contributed by atoms with Gasteiger partial charge in [0.1, 0.15) is 0 Å². The number of aryl methyl sites for hydroxylation is 2. The number of halogens is 1. The lowest BCUT2D eigenvalue weighted by Gasteiger charge is -2.05. The smallest absolute Gasteiger partial charge is 0.191 e. The number of guanidine groups is 1. The van der Waals surface area contributed by atoms with Crippen LogP contribution in [0.25, 0.3) is 0 Å². The Balaban J connectivity index is 3.29. The van der Waals surface area contributed by atoms with Gasteiger partial charge in [-0.05, 0) is 47.0 Å². The van der Waals surface area contributed by atoms with E-state index < -0.39 is 0 Å². The molecule has 0 radical (unpaired) electrons. The second-order valence-corrected chi connectivity index (χ2v) is 3.80. The van der Waals surface area contributed by atoms with Gasteiger partial charge in [-0.15, -0.1) is 0 Å². The largest absolute Gasteiger partial charge is 0.370 e. The van der Waals surface area contributed by atoms with Gasteiger partial charge in [0.05, 0.1) is 5.69 Å². The summed E-state index contributed by atoms with van der Waals surface area (Å²) >= 11 is 3.41. The highest BCUT2D eigenvalue weighted by atomic mass is 79.9. The Kier molecular flexibility index (Phi) is 2.93. The maximum absolute atomic E-state index is 5.31. The quantitative estimate of drug-likeness (QED) is 0.584. The number of benzene rings is 1. The summed E-state index contributed by atoms with van der Waals surface area (Å²) in [5, 5.41) is 0. The van der Waals surface area contributed by atoms with Crippen molar-refractivity contribution in [2.24, 2.45) is 16.5 Å². The highest BCUT2D eigenvalue weighted by Crippen LogP contribution is 2.30. The third-order valence-electron chi connectivity index (χ3n) is 1.64. The molecule has 1 aromatic carbocycles. The van der Waals surface area contributed by atoms with Gasteiger partial charge in [-0.3, -0.25) is 0 Å². The molecule has 0 unspecified atom stereocenters. The van der Waals surface area contributed by atoms with Gasteiger partial charge in [0.15, 0.2) is 5.96 Å². The summed E-state index contributed by atoms with van der Waals surface area (Å²) in [7, 11) is 0. The van der Waals surface area contributed by atoms with E-state index in [0.29, 0.717) is 0 Å². The van der Waals surface area contributed by atoms with Crippen molar-refractivity contribution >= 4 is 27.6 Å². The van der Waals surface area contributed by atoms with E-state index in [-0.39, 0.29) is 5.96 Å². The van der Waals surface area contributed by atoms with Crippen molar-refractivity contribution < 1.29 is 0 Å². The molecule has 0 atom stereocenters. The Morgan fingerprint density at radius 1 is 1.31 bits per heavy atom.